The predicted octanol–water partition coefficient (Wildman–Crippen LogP) is 3.68. The summed E-state index contributed by atoms with van der Waals surface area (Å²) in [6.07, 6.45) is 4.16. The van der Waals surface area contributed by atoms with Crippen LogP contribution in [-0.2, 0) is 0 Å². The fraction of sp³-hybridized carbons (Fsp3) is 0.400. The number of halogens is 1. The summed E-state index contributed by atoms with van der Waals surface area (Å²) in [4.78, 5) is 0. The van der Waals surface area contributed by atoms with Crippen LogP contribution in [0.15, 0.2) is 24.3 Å². The van der Waals surface area contributed by atoms with Gasteiger partial charge in [0.25, 0.3) is 0 Å². The van der Waals surface area contributed by atoms with E-state index in [2.05, 4.69) is 44.8 Å². The van der Waals surface area contributed by atoms with Gasteiger partial charge in [-0.1, -0.05) is 18.6 Å². The molecule has 0 unspecified atom stereocenters. The van der Waals surface area contributed by atoms with Crippen molar-refractivity contribution in [2.45, 2.75) is 25.2 Å². The van der Waals surface area contributed by atoms with Gasteiger partial charge in [0.05, 0.1) is 0 Å². The molecular weight excluding hydrogens is 214 g/mol. The molecule has 0 saturated heterocycles. The summed E-state index contributed by atoms with van der Waals surface area (Å²) in [7, 11) is 0. The molecule has 1 nitrogen and oxygen atoms in total. The van der Waals surface area contributed by atoms with E-state index in [0.29, 0.717) is 0 Å². The number of benzene rings is 1. The van der Waals surface area contributed by atoms with Crippen molar-refractivity contribution in [3.63, 3.8) is 0 Å². The van der Waals surface area contributed by atoms with Gasteiger partial charge in [0.15, 0.2) is 0 Å². The number of hydrogen-bond acceptors (Lipinski definition) is 1. The Morgan fingerprint density at radius 3 is 2.25 bits per heavy atom. The van der Waals surface area contributed by atoms with Crippen LogP contribution in [0.2, 0.25) is 0 Å². The molecule has 0 radical (unpaired) electrons. The minimum atomic E-state index is 0.842. The molecule has 1 N–H and O–H groups in total. The molecule has 1 saturated carbocycles. The number of rotatable bonds is 2. The molecule has 1 aliphatic rings. The van der Waals surface area contributed by atoms with Crippen LogP contribution >= 0.6 is 16.1 Å². The van der Waals surface area contributed by atoms with Crippen molar-refractivity contribution in [1.82, 2.24) is 0 Å². The molecule has 1 aromatic carbocycles. The second-order valence-electron chi connectivity index (χ2n) is 3.34. The maximum Gasteiger partial charge on any atom is 0.0465 e. The number of nitrogens with one attached hydrogen (secondary N) is 1. The molecule has 0 atom stereocenters. The van der Waals surface area contributed by atoms with Crippen LogP contribution < -0.4 is 4.34 Å². The van der Waals surface area contributed by atoms with Crippen molar-refractivity contribution in [2.24, 2.45) is 0 Å². The smallest absolute Gasteiger partial charge is 0.0465 e. The number of anilines is 1. The lowest BCUT2D eigenvalue weighted by Gasteiger charge is -2.25. The fourth-order valence-electron chi connectivity index (χ4n) is 1.56. The van der Waals surface area contributed by atoms with Gasteiger partial charge in [-0.3, -0.25) is 0 Å². The van der Waals surface area contributed by atoms with E-state index in [0.717, 1.165) is 11.6 Å². The normalized spacial score (nSPS) is 17.1. The van der Waals surface area contributed by atoms with Gasteiger partial charge in [-0.15, -0.1) is 0 Å². The van der Waals surface area contributed by atoms with E-state index < -0.39 is 0 Å². The Bertz CT molecular complexity index is 251. The zero-order valence-corrected chi connectivity index (χ0v) is 8.47. The van der Waals surface area contributed by atoms with E-state index in [1.54, 1.807) is 0 Å². The monoisotopic (exact) mass is 225 g/mol. The van der Waals surface area contributed by atoms with Gasteiger partial charge in [0.1, 0.15) is 0 Å². The minimum Gasteiger partial charge on any atom is -0.322 e. The quantitative estimate of drug-likeness (QED) is 0.758. The summed E-state index contributed by atoms with van der Waals surface area (Å²) in [6.45, 7) is 0. The molecule has 1 aromatic rings. The summed E-state index contributed by atoms with van der Waals surface area (Å²) < 4.78 is 2.94. The third-order valence-corrected chi connectivity index (χ3v) is 3.05. The van der Waals surface area contributed by atoms with Gasteiger partial charge in [-0.2, -0.15) is 0 Å². The topological polar surface area (TPSA) is 12.0 Å². The first kappa shape index (κ1) is 8.11. The standard InChI is InChI=1S/C10H12BrN/c11-12-10-6-4-9(5-7-10)8-2-1-3-8/h4-8,12H,1-3H2. The van der Waals surface area contributed by atoms with Gasteiger partial charge in [-0.25, -0.2) is 0 Å². The lowest BCUT2D eigenvalue weighted by Crippen LogP contribution is -2.08. The molecule has 0 spiro atoms. The molecule has 64 valence electrons. The van der Waals surface area contributed by atoms with Crippen molar-refractivity contribution in [2.75, 3.05) is 4.34 Å². The largest absolute Gasteiger partial charge is 0.322 e. The summed E-state index contributed by atoms with van der Waals surface area (Å²) in [5.41, 5.74) is 2.62. The first-order valence-corrected chi connectivity index (χ1v) is 5.16. The van der Waals surface area contributed by atoms with Gasteiger partial charge in [0, 0.05) is 21.8 Å². The highest BCUT2D eigenvalue weighted by molar-refractivity contribution is 9.10. The van der Waals surface area contributed by atoms with Crippen molar-refractivity contribution in [1.29, 1.82) is 0 Å². The van der Waals surface area contributed by atoms with Crippen LogP contribution in [0.25, 0.3) is 0 Å². The average molecular weight is 226 g/mol. The van der Waals surface area contributed by atoms with Crippen LogP contribution in [0.1, 0.15) is 30.7 Å². The van der Waals surface area contributed by atoms with E-state index >= 15 is 0 Å². The van der Waals surface area contributed by atoms with Crippen LogP contribution in [0.3, 0.4) is 0 Å². The Hall–Kier alpha value is -0.500. The molecule has 0 amide bonds. The van der Waals surface area contributed by atoms with Crippen molar-refractivity contribution in [3.8, 4) is 0 Å². The Labute approximate surface area is 81.5 Å². The zero-order valence-electron chi connectivity index (χ0n) is 6.89. The van der Waals surface area contributed by atoms with E-state index in [1.165, 1.54) is 24.8 Å². The van der Waals surface area contributed by atoms with Crippen molar-refractivity contribution < 1.29 is 0 Å². The predicted molar refractivity (Wildman–Crippen MR) is 55.6 cm³/mol. The van der Waals surface area contributed by atoms with E-state index in [9.17, 15) is 0 Å². The molecule has 2 rings (SSSR count). The first-order chi connectivity index (χ1) is 5.90. The third-order valence-electron chi connectivity index (χ3n) is 2.60. The Morgan fingerprint density at radius 2 is 1.83 bits per heavy atom. The maximum absolute atomic E-state index is 3.20. The lowest BCUT2D eigenvalue weighted by molar-refractivity contribution is 0.420. The van der Waals surface area contributed by atoms with Gasteiger partial charge >= 0.3 is 0 Å². The second kappa shape index (κ2) is 3.48. The highest BCUT2D eigenvalue weighted by Gasteiger charge is 2.18. The third kappa shape index (κ3) is 1.48. The van der Waals surface area contributed by atoms with Gasteiger partial charge in [-0.05, 0) is 36.5 Å². The summed E-state index contributed by atoms with van der Waals surface area (Å²) in [5, 5.41) is 0. The zero-order chi connectivity index (χ0) is 8.39. The Kier molecular flexibility index (Phi) is 2.35. The molecule has 1 fully saturated rings. The van der Waals surface area contributed by atoms with E-state index in [4.69, 9.17) is 0 Å². The number of hydrogen-bond donors (Lipinski definition) is 1. The van der Waals surface area contributed by atoms with Crippen molar-refractivity contribution in [3.05, 3.63) is 29.8 Å². The molecule has 0 aromatic heterocycles. The van der Waals surface area contributed by atoms with E-state index in [-0.39, 0.29) is 0 Å². The van der Waals surface area contributed by atoms with Crippen molar-refractivity contribution >= 4 is 21.8 Å². The molecular formula is C10H12BrN. The van der Waals surface area contributed by atoms with Gasteiger partial charge in [0.2, 0.25) is 0 Å². The van der Waals surface area contributed by atoms with E-state index in [1.807, 2.05) is 0 Å². The molecule has 0 aliphatic heterocycles. The summed E-state index contributed by atoms with van der Waals surface area (Å²) in [5.74, 6) is 0.842. The lowest BCUT2D eigenvalue weighted by atomic mass is 9.80. The highest BCUT2D eigenvalue weighted by atomic mass is 79.9. The van der Waals surface area contributed by atoms with Crippen LogP contribution in [0.5, 0.6) is 0 Å². The maximum atomic E-state index is 3.20. The minimum absolute atomic E-state index is 0.842. The summed E-state index contributed by atoms with van der Waals surface area (Å²) >= 11 is 3.20. The first-order valence-electron chi connectivity index (χ1n) is 4.37. The SMILES string of the molecule is BrNc1ccc(C2CCC2)cc1. The van der Waals surface area contributed by atoms with Crippen LogP contribution in [0, 0.1) is 0 Å². The Morgan fingerprint density at radius 1 is 1.17 bits per heavy atom. The molecule has 1 aliphatic carbocycles. The van der Waals surface area contributed by atoms with Crippen LogP contribution in [-0.4, -0.2) is 0 Å². The molecule has 0 heterocycles. The van der Waals surface area contributed by atoms with Gasteiger partial charge < -0.3 is 4.34 Å². The second-order valence-corrected chi connectivity index (χ2v) is 3.74. The molecule has 2 heteroatoms. The van der Waals surface area contributed by atoms with Crippen LogP contribution in [0.4, 0.5) is 5.69 Å². The fourth-order valence-corrected chi connectivity index (χ4v) is 1.82. The average Bonchev–Trinajstić information content (AvgIpc) is 2.03. The summed E-state index contributed by atoms with van der Waals surface area (Å²) in [6, 6.07) is 8.66. The Balaban J connectivity index is 2.13. The highest BCUT2D eigenvalue weighted by Crippen LogP contribution is 2.36. The molecule has 0 bridgehead atoms. The molecule has 12 heavy (non-hydrogen) atoms.